The fourth-order valence-electron chi connectivity index (χ4n) is 5.33. The summed E-state index contributed by atoms with van der Waals surface area (Å²) in [4.78, 5) is 32.6. The van der Waals surface area contributed by atoms with Crippen LogP contribution in [0.5, 0.6) is 0 Å². The second kappa shape index (κ2) is 12.5. The number of aliphatic imine (C=N–C) groups is 2. The van der Waals surface area contributed by atoms with E-state index in [9.17, 15) is 20.2 Å². The van der Waals surface area contributed by atoms with Crippen LogP contribution in [0.1, 0.15) is 34.3 Å². The summed E-state index contributed by atoms with van der Waals surface area (Å²) in [5.74, 6) is 0. The third-order valence-corrected chi connectivity index (χ3v) is 7.54. The van der Waals surface area contributed by atoms with E-state index in [1.807, 2.05) is 84.9 Å². The van der Waals surface area contributed by atoms with Gasteiger partial charge in [0, 0.05) is 24.6 Å². The van der Waals surface area contributed by atoms with Gasteiger partial charge in [0.1, 0.15) is 12.1 Å². The maximum absolute atomic E-state index is 11.8. The summed E-state index contributed by atoms with van der Waals surface area (Å²) < 4.78 is 0. The maximum atomic E-state index is 11.8. The SMILES string of the molecule is O=[N+]([O-])c1ccccc1C=NC(c1ccc2ccccc2c1)C(N=Cc1ccccc1[N+](=O)[O-])c1ccc2ccccc2c1. The number of hydrogen-bond donors (Lipinski definition) is 0. The molecule has 0 aliphatic rings. The molecule has 0 radical (unpaired) electrons. The number of nitrogens with zero attached hydrogens (tertiary/aromatic N) is 4. The molecule has 0 N–H and O–H groups in total. The number of benzene rings is 6. The van der Waals surface area contributed by atoms with E-state index in [2.05, 4.69) is 0 Å². The highest BCUT2D eigenvalue weighted by Crippen LogP contribution is 2.38. The zero-order valence-corrected chi connectivity index (χ0v) is 23.4. The molecule has 0 fully saturated rings. The molecule has 214 valence electrons. The third-order valence-electron chi connectivity index (χ3n) is 7.54. The Morgan fingerprint density at radius 1 is 0.477 bits per heavy atom. The summed E-state index contributed by atoms with van der Waals surface area (Å²) in [6.07, 6.45) is 3.04. The topological polar surface area (TPSA) is 111 Å². The molecule has 0 spiro atoms. The highest BCUT2D eigenvalue weighted by atomic mass is 16.6. The predicted molar refractivity (Wildman–Crippen MR) is 175 cm³/mol. The molecule has 44 heavy (non-hydrogen) atoms. The van der Waals surface area contributed by atoms with Crippen LogP contribution < -0.4 is 0 Å². The van der Waals surface area contributed by atoms with Crippen molar-refractivity contribution < 1.29 is 9.85 Å². The van der Waals surface area contributed by atoms with Crippen LogP contribution in [-0.2, 0) is 0 Å². The van der Waals surface area contributed by atoms with E-state index in [0.29, 0.717) is 11.1 Å². The molecule has 0 bridgehead atoms. The number of nitro benzene ring substituents is 2. The van der Waals surface area contributed by atoms with Crippen molar-refractivity contribution in [2.45, 2.75) is 12.1 Å². The second-order valence-corrected chi connectivity index (χ2v) is 10.3. The first-order valence-corrected chi connectivity index (χ1v) is 14.0. The minimum atomic E-state index is -0.625. The standard InChI is InChI=1S/C36H26N4O4/c41-39(42)33-15-7-5-13-31(33)23-37-35(29-19-17-25-9-1-3-11-27(25)21-29)36(30-20-18-26-10-2-4-12-28(26)22-30)38-24-32-14-6-8-16-34(32)40(43)44/h1-24,35-36H. The normalized spacial score (nSPS) is 13.0. The van der Waals surface area contributed by atoms with Crippen LogP contribution in [0, 0.1) is 20.2 Å². The smallest absolute Gasteiger partial charge is 0.278 e. The molecule has 8 heteroatoms. The second-order valence-electron chi connectivity index (χ2n) is 10.3. The van der Waals surface area contributed by atoms with Gasteiger partial charge < -0.3 is 0 Å². The Bertz CT molecular complexity index is 1920. The number of nitro groups is 2. The lowest BCUT2D eigenvalue weighted by Crippen LogP contribution is -2.10. The lowest BCUT2D eigenvalue weighted by molar-refractivity contribution is -0.385. The average Bonchev–Trinajstić information content (AvgIpc) is 3.06. The van der Waals surface area contributed by atoms with Crippen LogP contribution in [-0.4, -0.2) is 22.3 Å². The summed E-state index contributed by atoms with van der Waals surface area (Å²) in [5.41, 5.74) is 2.30. The van der Waals surface area contributed by atoms with Gasteiger partial charge in [-0.2, -0.15) is 0 Å². The van der Waals surface area contributed by atoms with E-state index in [1.165, 1.54) is 24.6 Å². The van der Waals surface area contributed by atoms with Crippen LogP contribution in [0.4, 0.5) is 11.4 Å². The molecular formula is C36H26N4O4. The fraction of sp³-hybridized carbons (Fsp3) is 0.0556. The van der Waals surface area contributed by atoms with Gasteiger partial charge in [-0.25, -0.2) is 0 Å². The molecule has 2 atom stereocenters. The van der Waals surface area contributed by atoms with Crippen LogP contribution in [0.2, 0.25) is 0 Å². The van der Waals surface area contributed by atoms with Crippen molar-refractivity contribution in [3.05, 3.63) is 176 Å². The molecule has 0 aliphatic carbocycles. The van der Waals surface area contributed by atoms with Crippen molar-refractivity contribution in [2.24, 2.45) is 9.98 Å². The highest BCUT2D eigenvalue weighted by Gasteiger charge is 2.25. The van der Waals surface area contributed by atoms with Crippen LogP contribution in [0.3, 0.4) is 0 Å². The van der Waals surface area contributed by atoms with Crippen LogP contribution in [0.25, 0.3) is 21.5 Å². The first kappa shape index (κ1) is 28.1. The Labute approximate surface area is 253 Å². The van der Waals surface area contributed by atoms with Crippen molar-refractivity contribution in [2.75, 3.05) is 0 Å². The molecular weight excluding hydrogens is 552 g/mol. The average molecular weight is 579 g/mol. The maximum Gasteiger partial charge on any atom is 0.278 e. The summed E-state index contributed by atoms with van der Waals surface area (Å²) in [6.45, 7) is 0. The Morgan fingerprint density at radius 2 is 0.841 bits per heavy atom. The molecule has 0 aromatic heterocycles. The number of fused-ring (bicyclic) bond motifs is 2. The molecule has 0 saturated heterocycles. The Balaban J connectivity index is 1.55. The number of hydrogen-bond acceptors (Lipinski definition) is 6. The van der Waals surface area contributed by atoms with E-state index in [4.69, 9.17) is 9.98 Å². The first-order chi connectivity index (χ1) is 21.5. The van der Waals surface area contributed by atoms with Gasteiger partial charge in [-0.3, -0.25) is 30.2 Å². The van der Waals surface area contributed by atoms with Crippen molar-refractivity contribution in [3.8, 4) is 0 Å². The Kier molecular flexibility index (Phi) is 7.96. The van der Waals surface area contributed by atoms with Gasteiger partial charge in [-0.1, -0.05) is 97.1 Å². The summed E-state index contributed by atoms with van der Waals surface area (Å²) >= 11 is 0. The van der Waals surface area contributed by atoms with Crippen molar-refractivity contribution in [1.82, 2.24) is 0 Å². The molecule has 0 heterocycles. The monoisotopic (exact) mass is 578 g/mol. The van der Waals surface area contributed by atoms with Crippen molar-refractivity contribution in [1.29, 1.82) is 0 Å². The molecule has 6 rings (SSSR count). The van der Waals surface area contributed by atoms with Gasteiger partial charge in [0.15, 0.2) is 0 Å². The lowest BCUT2D eigenvalue weighted by atomic mass is 9.91. The van der Waals surface area contributed by atoms with Gasteiger partial charge in [0.05, 0.1) is 21.0 Å². The summed E-state index contributed by atoms with van der Waals surface area (Å²) in [7, 11) is 0. The molecule has 0 saturated carbocycles. The molecule has 6 aromatic carbocycles. The molecule has 6 aromatic rings. The van der Waals surface area contributed by atoms with E-state index >= 15 is 0 Å². The van der Waals surface area contributed by atoms with Gasteiger partial charge in [-0.05, 0) is 56.9 Å². The van der Waals surface area contributed by atoms with Gasteiger partial charge >= 0.3 is 0 Å². The summed E-state index contributed by atoms with van der Waals surface area (Å²) in [5, 5.41) is 27.7. The van der Waals surface area contributed by atoms with E-state index in [1.54, 1.807) is 36.4 Å². The fourth-order valence-corrected chi connectivity index (χ4v) is 5.33. The van der Waals surface area contributed by atoms with E-state index < -0.39 is 21.9 Å². The van der Waals surface area contributed by atoms with Crippen molar-refractivity contribution >= 4 is 45.3 Å². The Hall–Kier alpha value is -6.02. The van der Waals surface area contributed by atoms with Gasteiger partial charge in [0.25, 0.3) is 11.4 Å². The van der Waals surface area contributed by atoms with Gasteiger partial charge in [0.2, 0.25) is 0 Å². The first-order valence-electron chi connectivity index (χ1n) is 14.0. The minimum Gasteiger partial charge on any atom is -0.282 e. The third kappa shape index (κ3) is 5.96. The zero-order chi connectivity index (χ0) is 30.5. The number of rotatable bonds is 9. The number of para-hydroxylation sites is 2. The predicted octanol–water partition coefficient (Wildman–Crippen LogP) is 8.83. The van der Waals surface area contributed by atoms with Crippen LogP contribution in [0.15, 0.2) is 143 Å². The quantitative estimate of drug-likeness (QED) is 0.0969. The summed E-state index contributed by atoms with van der Waals surface area (Å²) in [6, 6.07) is 39.7. The minimum absolute atomic E-state index is 0.0563. The van der Waals surface area contributed by atoms with Crippen LogP contribution >= 0.6 is 0 Å². The van der Waals surface area contributed by atoms with E-state index in [-0.39, 0.29) is 11.4 Å². The zero-order valence-electron chi connectivity index (χ0n) is 23.4. The Morgan fingerprint density at radius 3 is 1.25 bits per heavy atom. The molecule has 8 nitrogen and oxygen atoms in total. The molecule has 2 unspecified atom stereocenters. The van der Waals surface area contributed by atoms with Crippen molar-refractivity contribution in [3.63, 3.8) is 0 Å². The van der Waals surface area contributed by atoms with E-state index in [0.717, 1.165) is 32.7 Å². The highest BCUT2D eigenvalue weighted by molar-refractivity contribution is 5.88. The molecule has 0 aliphatic heterocycles. The molecule has 0 amide bonds. The van der Waals surface area contributed by atoms with Gasteiger partial charge in [-0.15, -0.1) is 0 Å². The largest absolute Gasteiger partial charge is 0.282 e. The lowest BCUT2D eigenvalue weighted by Gasteiger charge is -2.23.